The third-order valence-electron chi connectivity index (χ3n) is 2.57. The predicted octanol–water partition coefficient (Wildman–Crippen LogP) is 3.07. The van der Waals surface area contributed by atoms with E-state index in [-0.39, 0.29) is 12.1 Å². The minimum Gasteiger partial charge on any atom is -0.394 e. The molecule has 17 heavy (non-hydrogen) atoms. The molecule has 3 nitrogen and oxygen atoms in total. The van der Waals surface area contributed by atoms with Gasteiger partial charge in [-0.25, -0.2) is 0 Å². The largest absolute Gasteiger partial charge is 0.394 e. The molecule has 90 valence electrons. The first-order valence-electron chi connectivity index (χ1n) is 5.45. The Hall–Kier alpha value is -1.32. The lowest BCUT2D eigenvalue weighted by molar-refractivity contribution is 0.234. The van der Waals surface area contributed by atoms with Gasteiger partial charge in [-0.15, -0.1) is 0 Å². The first kappa shape index (κ1) is 12.1. The zero-order chi connectivity index (χ0) is 12.5. The second-order valence-electron chi connectivity index (χ2n) is 4.69. The Balaban J connectivity index is 2.50. The van der Waals surface area contributed by atoms with Crippen LogP contribution in [0.1, 0.15) is 13.8 Å². The van der Waals surface area contributed by atoms with Gasteiger partial charge in [-0.1, -0.05) is 11.6 Å². The summed E-state index contributed by atoms with van der Waals surface area (Å²) in [4.78, 5) is 4.28. The smallest absolute Gasteiger partial charge is 0.0723 e. The van der Waals surface area contributed by atoms with Crippen LogP contribution in [0.3, 0.4) is 0 Å². The number of benzene rings is 1. The number of rotatable bonds is 3. The molecule has 0 unspecified atom stereocenters. The van der Waals surface area contributed by atoms with Crippen LogP contribution < -0.4 is 5.32 Å². The third kappa shape index (κ3) is 2.68. The summed E-state index contributed by atoms with van der Waals surface area (Å²) in [6.07, 6.45) is 1.74. The van der Waals surface area contributed by atoms with E-state index in [1.165, 1.54) is 0 Å². The molecule has 0 aliphatic rings. The molecule has 0 atom stereocenters. The van der Waals surface area contributed by atoms with Crippen molar-refractivity contribution in [1.82, 2.24) is 4.98 Å². The van der Waals surface area contributed by atoms with Gasteiger partial charge in [0.2, 0.25) is 0 Å². The Morgan fingerprint density at radius 1 is 1.35 bits per heavy atom. The summed E-state index contributed by atoms with van der Waals surface area (Å²) in [5.74, 6) is 0. The number of anilines is 1. The monoisotopic (exact) mass is 250 g/mol. The van der Waals surface area contributed by atoms with Gasteiger partial charge < -0.3 is 10.4 Å². The number of nitrogens with one attached hydrogen (secondary N) is 1. The molecule has 0 spiro atoms. The van der Waals surface area contributed by atoms with E-state index in [1.807, 2.05) is 38.1 Å². The molecule has 2 rings (SSSR count). The number of hydrogen-bond acceptors (Lipinski definition) is 3. The van der Waals surface area contributed by atoms with Crippen molar-refractivity contribution in [2.75, 3.05) is 11.9 Å². The molecule has 2 aromatic rings. The maximum absolute atomic E-state index is 9.28. The van der Waals surface area contributed by atoms with Crippen LogP contribution in [-0.4, -0.2) is 22.2 Å². The van der Waals surface area contributed by atoms with Crippen LogP contribution in [0.25, 0.3) is 10.9 Å². The summed E-state index contributed by atoms with van der Waals surface area (Å²) >= 11 is 5.99. The van der Waals surface area contributed by atoms with Gasteiger partial charge in [-0.2, -0.15) is 0 Å². The third-order valence-corrected chi connectivity index (χ3v) is 2.81. The molecule has 2 N–H and O–H groups in total. The van der Waals surface area contributed by atoms with Crippen LogP contribution in [0.15, 0.2) is 30.5 Å². The number of nitrogens with zero attached hydrogens (tertiary/aromatic N) is 1. The highest BCUT2D eigenvalue weighted by molar-refractivity contribution is 6.31. The van der Waals surface area contributed by atoms with Gasteiger partial charge in [0.25, 0.3) is 0 Å². The second-order valence-corrected chi connectivity index (χ2v) is 5.12. The first-order chi connectivity index (χ1) is 8.02. The summed E-state index contributed by atoms with van der Waals surface area (Å²) in [5, 5.41) is 14.2. The fourth-order valence-corrected chi connectivity index (χ4v) is 1.80. The van der Waals surface area contributed by atoms with Crippen LogP contribution in [0, 0.1) is 0 Å². The second kappa shape index (κ2) is 4.51. The van der Waals surface area contributed by atoms with Crippen LogP contribution in [0.5, 0.6) is 0 Å². The van der Waals surface area contributed by atoms with Gasteiger partial charge >= 0.3 is 0 Å². The highest BCUT2D eigenvalue weighted by atomic mass is 35.5. The maximum atomic E-state index is 9.28. The van der Waals surface area contributed by atoms with E-state index in [1.54, 1.807) is 6.20 Å². The molecule has 0 bridgehead atoms. The number of aromatic nitrogens is 1. The molecular formula is C13H15ClN2O. The average Bonchev–Trinajstić information content (AvgIpc) is 2.30. The van der Waals surface area contributed by atoms with Gasteiger partial charge in [-0.3, -0.25) is 4.98 Å². The predicted molar refractivity (Wildman–Crippen MR) is 71.5 cm³/mol. The normalized spacial score (nSPS) is 11.8. The van der Waals surface area contributed by atoms with Crippen LogP contribution in [0.2, 0.25) is 5.02 Å². The van der Waals surface area contributed by atoms with Gasteiger partial charge in [0.05, 0.1) is 17.7 Å². The van der Waals surface area contributed by atoms with E-state index in [0.717, 1.165) is 16.6 Å². The summed E-state index contributed by atoms with van der Waals surface area (Å²) in [6.45, 7) is 3.92. The number of halogens is 1. The van der Waals surface area contributed by atoms with Gasteiger partial charge in [0.15, 0.2) is 0 Å². The number of aliphatic hydroxyl groups is 1. The van der Waals surface area contributed by atoms with Crippen LogP contribution in [0.4, 0.5) is 5.69 Å². The SMILES string of the molecule is CC(C)(CO)Nc1ccnc2ccc(Cl)cc12. The fourth-order valence-electron chi connectivity index (χ4n) is 1.63. The van der Waals surface area contributed by atoms with Crippen molar-refractivity contribution in [2.45, 2.75) is 19.4 Å². The molecule has 1 heterocycles. The zero-order valence-corrected chi connectivity index (χ0v) is 10.6. The van der Waals surface area contributed by atoms with Crippen molar-refractivity contribution in [3.8, 4) is 0 Å². The quantitative estimate of drug-likeness (QED) is 0.880. The molecule has 0 saturated heterocycles. The van der Waals surface area contributed by atoms with Gasteiger partial charge in [0, 0.05) is 22.3 Å². The lowest BCUT2D eigenvalue weighted by Gasteiger charge is -2.25. The molecule has 1 aromatic carbocycles. The van der Waals surface area contributed by atoms with Crippen LogP contribution in [-0.2, 0) is 0 Å². The Labute approximate surface area is 105 Å². The number of fused-ring (bicyclic) bond motifs is 1. The summed E-state index contributed by atoms with van der Waals surface area (Å²) in [6, 6.07) is 7.46. The number of hydrogen-bond donors (Lipinski definition) is 2. The zero-order valence-electron chi connectivity index (χ0n) is 9.87. The van der Waals surface area contributed by atoms with Crippen molar-refractivity contribution in [3.05, 3.63) is 35.5 Å². The van der Waals surface area contributed by atoms with Crippen LogP contribution >= 0.6 is 11.6 Å². The van der Waals surface area contributed by atoms with E-state index in [4.69, 9.17) is 11.6 Å². The molecule has 0 radical (unpaired) electrons. The lowest BCUT2D eigenvalue weighted by atomic mass is 10.1. The van der Waals surface area contributed by atoms with E-state index in [9.17, 15) is 5.11 Å². The minimum atomic E-state index is -0.378. The minimum absolute atomic E-state index is 0.0530. The van der Waals surface area contributed by atoms with E-state index < -0.39 is 0 Å². The van der Waals surface area contributed by atoms with E-state index in [0.29, 0.717) is 5.02 Å². The highest BCUT2D eigenvalue weighted by Gasteiger charge is 2.16. The highest BCUT2D eigenvalue weighted by Crippen LogP contribution is 2.26. The Morgan fingerprint density at radius 3 is 2.82 bits per heavy atom. The lowest BCUT2D eigenvalue weighted by Crippen LogP contribution is -2.34. The topological polar surface area (TPSA) is 45.1 Å². The van der Waals surface area contributed by atoms with Crippen molar-refractivity contribution in [3.63, 3.8) is 0 Å². The molecule has 0 aliphatic carbocycles. The van der Waals surface area contributed by atoms with E-state index >= 15 is 0 Å². The van der Waals surface area contributed by atoms with Crippen molar-refractivity contribution in [1.29, 1.82) is 0 Å². The number of aliphatic hydroxyl groups excluding tert-OH is 1. The summed E-state index contributed by atoms with van der Waals surface area (Å²) in [5.41, 5.74) is 1.43. The summed E-state index contributed by atoms with van der Waals surface area (Å²) in [7, 11) is 0. The Morgan fingerprint density at radius 2 is 2.12 bits per heavy atom. The molecule has 1 aromatic heterocycles. The number of pyridine rings is 1. The van der Waals surface area contributed by atoms with Crippen molar-refractivity contribution < 1.29 is 5.11 Å². The van der Waals surface area contributed by atoms with E-state index in [2.05, 4.69) is 10.3 Å². The Kier molecular flexibility index (Phi) is 3.22. The molecular weight excluding hydrogens is 236 g/mol. The fraction of sp³-hybridized carbons (Fsp3) is 0.308. The molecule has 0 saturated carbocycles. The van der Waals surface area contributed by atoms with Gasteiger partial charge in [0.1, 0.15) is 0 Å². The van der Waals surface area contributed by atoms with Crippen molar-refractivity contribution in [2.24, 2.45) is 0 Å². The molecule has 4 heteroatoms. The Bertz CT molecular complexity index is 540. The summed E-state index contributed by atoms with van der Waals surface area (Å²) < 4.78 is 0. The molecule has 0 aliphatic heterocycles. The molecule has 0 fully saturated rings. The average molecular weight is 251 g/mol. The van der Waals surface area contributed by atoms with Gasteiger partial charge in [-0.05, 0) is 38.1 Å². The maximum Gasteiger partial charge on any atom is 0.0723 e. The molecule has 0 amide bonds. The van der Waals surface area contributed by atoms with Crippen molar-refractivity contribution >= 4 is 28.2 Å². The standard InChI is InChI=1S/C13H15ClN2O/c1-13(2,8-17)16-12-5-6-15-11-4-3-9(14)7-10(11)12/h3-7,17H,8H2,1-2H3,(H,15,16). The first-order valence-corrected chi connectivity index (χ1v) is 5.83.